The molecule has 2 rings (SSSR count). The summed E-state index contributed by atoms with van der Waals surface area (Å²) in [5.74, 6) is -0.105. The highest BCUT2D eigenvalue weighted by Crippen LogP contribution is 2.31. The standard InChI is InChI=1S/C13H11Cl2FN2O/c1-19-13-6-12(10(16)5-11(13)17)18-9-3-7(14)2-8(15)4-9/h2-6,18H,17H2,1H3. The predicted octanol–water partition coefficient (Wildman–Crippen LogP) is 4.47. The molecule has 3 N–H and O–H groups in total. The van der Waals surface area contributed by atoms with E-state index < -0.39 is 5.82 Å². The van der Waals surface area contributed by atoms with Crippen LogP contribution in [0.2, 0.25) is 10.0 Å². The van der Waals surface area contributed by atoms with Gasteiger partial charge >= 0.3 is 0 Å². The zero-order valence-corrected chi connectivity index (χ0v) is 11.5. The highest BCUT2D eigenvalue weighted by Gasteiger charge is 2.09. The van der Waals surface area contributed by atoms with Crippen LogP contribution < -0.4 is 15.8 Å². The van der Waals surface area contributed by atoms with Gasteiger partial charge in [-0.1, -0.05) is 23.2 Å². The molecular formula is C13H11Cl2FN2O. The van der Waals surface area contributed by atoms with Crippen LogP contribution in [0.4, 0.5) is 21.5 Å². The third-order valence-electron chi connectivity index (χ3n) is 2.46. The number of nitrogen functional groups attached to an aromatic ring is 1. The Morgan fingerprint density at radius 1 is 1.11 bits per heavy atom. The summed E-state index contributed by atoms with van der Waals surface area (Å²) in [5.41, 5.74) is 6.64. The van der Waals surface area contributed by atoms with Gasteiger partial charge < -0.3 is 15.8 Å². The normalized spacial score (nSPS) is 10.3. The fraction of sp³-hybridized carbons (Fsp3) is 0.0769. The number of benzene rings is 2. The van der Waals surface area contributed by atoms with E-state index in [9.17, 15) is 4.39 Å². The Balaban J connectivity index is 2.37. The average molecular weight is 301 g/mol. The third kappa shape index (κ3) is 3.22. The molecule has 0 aliphatic heterocycles. The molecule has 2 aromatic carbocycles. The van der Waals surface area contributed by atoms with Gasteiger partial charge in [-0.05, 0) is 18.2 Å². The predicted molar refractivity (Wildman–Crippen MR) is 77.1 cm³/mol. The number of hydrogen-bond acceptors (Lipinski definition) is 3. The number of halogens is 3. The molecule has 2 aromatic rings. The molecule has 0 heterocycles. The average Bonchev–Trinajstić information content (AvgIpc) is 2.31. The summed E-state index contributed by atoms with van der Waals surface area (Å²) in [6.45, 7) is 0. The Morgan fingerprint density at radius 2 is 1.74 bits per heavy atom. The van der Waals surface area contributed by atoms with E-state index in [-0.39, 0.29) is 11.4 Å². The van der Waals surface area contributed by atoms with Crippen LogP contribution in [0.5, 0.6) is 5.75 Å². The molecule has 0 fully saturated rings. The first-order valence-corrected chi connectivity index (χ1v) is 6.11. The summed E-state index contributed by atoms with van der Waals surface area (Å²) in [4.78, 5) is 0. The van der Waals surface area contributed by atoms with Crippen molar-refractivity contribution >= 4 is 40.3 Å². The van der Waals surface area contributed by atoms with Crippen LogP contribution in [0, 0.1) is 5.82 Å². The first-order valence-electron chi connectivity index (χ1n) is 5.35. The van der Waals surface area contributed by atoms with Crippen molar-refractivity contribution in [2.24, 2.45) is 0 Å². The summed E-state index contributed by atoms with van der Waals surface area (Å²) >= 11 is 11.8. The van der Waals surface area contributed by atoms with E-state index in [2.05, 4.69) is 5.32 Å². The molecule has 0 saturated heterocycles. The molecule has 0 spiro atoms. The summed E-state index contributed by atoms with van der Waals surface area (Å²) in [5, 5.41) is 3.79. The summed E-state index contributed by atoms with van der Waals surface area (Å²) in [6, 6.07) is 7.52. The van der Waals surface area contributed by atoms with Gasteiger partial charge in [-0.15, -0.1) is 0 Å². The topological polar surface area (TPSA) is 47.3 Å². The van der Waals surface area contributed by atoms with Crippen LogP contribution in [0.15, 0.2) is 30.3 Å². The Morgan fingerprint density at radius 3 is 2.32 bits per heavy atom. The van der Waals surface area contributed by atoms with Gasteiger partial charge in [0, 0.05) is 27.9 Å². The van der Waals surface area contributed by atoms with Crippen LogP contribution in [-0.2, 0) is 0 Å². The molecule has 100 valence electrons. The van der Waals surface area contributed by atoms with E-state index in [4.69, 9.17) is 33.7 Å². The van der Waals surface area contributed by atoms with Gasteiger partial charge in [-0.2, -0.15) is 0 Å². The third-order valence-corrected chi connectivity index (χ3v) is 2.90. The fourth-order valence-corrected chi connectivity index (χ4v) is 2.15. The van der Waals surface area contributed by atoms with Gasteiger partial charge in [-0.25, -0.2) is 4.39 Å². The van der Waals surface area contributed by atoms with Crippen LogP contribution in [0.1, 0.15) is 0 Å². The van der Waals surface area contributed by atoms with Crippen molar-refractivity contribution in [3.8, 4) is 5.75 Å². The van der Waals surface area contributed by atoms with E-state index in [1.54, 1.807) is 18.2 Å². The molecule has 3 nitrogen and oxygen atoms in total. The van der Waals surface area contributed by atoms with Crippen molar-refractivity contribution < 1.29 is 9.13 Å². The lowest BCUT2D eigenvalue weighted by Crippen LogP contribution is -1.99. The van der Waals surface area contributed by atoms with E-state index >= 15 is 0 Å². The quantitative estimate of drug-likeness (QED) is 0.822. The number of rotatable bonds is 3. The second-order valence-corrected chi connectivity index (χ2v) is 4.73. The number of nitrogens with two attached hydrogens (primary N) is 1. The van der Waals surface area contributed by atoms with Crippen molar-refractivity contribution in [2.45, 2.75) is 0 Å². The Bertz CT molecular complexity index is 600. The second kappa shape index (κ2) is 5.55. The molecule has 0 saturated carbocycles. The summed E-state index contributed by atoms with van der Waals surface area (Å²) in [7, 11) is 1.46. The Labute approximate surface area is 120 Å². The largest absolute Gasteiger partial charge is 0.495 e. The number of ether oxygens (including phenoxy) is 1. The molecular weight excluding hydrogens is 290 g/mol. The van der Waals surface area contributed by atoms with Gasteiger partial charge in [0.1, 0.15) is 11.6 Å². The second-order valence-electron chi connectivity index (χ2n) is 3.86. The molecule has 0 unspecified atom stereocenters. The van der Waals surface area contributed by atoms with Gasteiger partial charge in [0.15, 0.2) is 0 Å². The smallest absolute Gasteiger partial charge is 0.148 e. The lowest BCUT2D eigenvalue weighted by molar-refractivity contribution is 0.416. The van der Waals surface area contributed by atoms with E-state index in [1.165, 1.54) is 19.2 Å². The number of nitrogens with one attached hydrogen (secondary N) is 1. The zero-order chi connectivity index (χ0) is 14.0. The van der Waals surface area contributed by atoms with Crippen LogP contribution in [0.3, 0.4) is 0 Å². The van der Waals surface area contributed by atoms with Gasteiger partial charge in [0.05, 0.1) is 18.5 Å². The lowest BCUT2D eigenvalue weighted by atomic mass is 10.2. The minimum absolute atomic E-state index is 0.226. The minimum atomic E-state index is -0.491. The van der Waals surface area contributed by atoms with E-state index in [0.29, 0.717) is 21.5 Å². The van der Waals surface area contributed by atoms with Crippen molar-refractivity contribution in [3.63, 3.8) is 0 Å². The number of anilines is 3. The minimum Gasteiger partial charge on any atom is -0.495 e. The Hall–Kier alpha value is -1.65. The van der Waals surface area contributed by atoms with Crippen LogP contribution in [0.25, 0.3) is 0 Å². The van der Waals surface area contributed by atoms with Crippen molar-refractivity contribution in [3.05, 3.63) is 46.2 Å². The molecule has 0 aliphatic carbocycles. The zero-order valence-electron chi connectivity index (χ0n) is 10.0. The highest BCUT2D eigenvalue weighted by molar-refractivity contribution is 6.35. The first-order chi connectivity index (χ1) is 8.99. The molecule has 0 bridgehead atoms. The molecule has 0 radical (unpaired) electrons. The summed E-state index contributed by atoms with van der Waals surface area (Å²) in [6.07, 6.45) is 0. The molecule has 0 aromatic heterocycles. The number of hydrogen-bond donors (Lipinski definition) is 2. The van der Waals surface area contributed by atoms with Gasteiger partial charge in [0.25, 0.3) is 0 Å². The van der Waals surface area contributed by atoms with Crippen molar-refractivity contribution in [2.75, 3.05) is 18.2 Å². The molecule has 0 amide bonds. The van der Waals surface area contributed by atoms with Crippen molar-refractivity contribution in [1.82, 2.24) is 0 Å². The van der Waals surface area contributed by atoms with E-state index in [1.807, 2.05) is 0 Å². The maximum Gasteiger partial charge on any atom is 0.148 e. The van der Waals surface area contributed by atoms with Crippen LogP contribution in [-0.4, -0.2) is 7.11 Å². The highest BCUT2D eigenvalue weighted by atomic mass is 35.5. The van der Waals surface area contributed by atoms with Gasteiger partial charge in [0.2, 0.25) is 0 Å². The lowest BCUT2D eigenvalue weighted by Gasteiger charge is -2.12. The maximum atomic E-state index is 13.8. The molecule has 19 heavy (non-hydrogen) atoms. The SMILES string of the molecule is COc1cc(Nc2cc(Cl)cc(Cl)c2)c(F)cc1N. The Kier molecular flexibility index (Phi) is 4.02. The monoisotopic (exact) mass is 300 g/mol. The first kappa shape index (κ1) is 13.8. The fourth-order valence-electron chi connectivity index (χ4n) is 1.62. The summed E-state index contributed by atoms with van der Waals surface area (Å²) < 4.78 is 18.8. The number of methoxy groups -OCH3 is 1. The molecule has 0 aliphatic rings. The molecule has 6 heteroatoms. The van der Waals surface area contributed by atoms with Crippen LogP contribution >= 0.6 is 23.2 Å². The van der Waals surface area contributed by atoms with E-state index in [0.717, 1.165) is 0 Å². The molecule has 0 atom stereocenters. The van der Waals surface area contributed by atoms with Crippen molar-refractivity contribution in [1.29, 1.82) is 0 Å². The van der Waals surface area contributed by atoms with Gasteiger partial charge in [-0.3, -0.25) is 0 Å². The maximum absolute atomic E-state index is 13.8.